The maximum atomic E-state index is 3.22. The molecule has 33 heavy (non-hydrogen) atoms. The SMILES string of the molecule is CC#Cc1cc2c(ccc3cc4c(ccc5cc(-c6ccc7ccccc7c6)sc54)cc32)s1. The molecule has 0 aliphatic rings. The van der Waals surface area contributed by atoms with Gasteiger partial charge in [-0.15, -0.1) is 28.6 Å². The van der Waals surface area contributed by atoms with Crippen LogP contribution in [0, 0.1) is 11.8 Å². The molecule has 2 heterocycles. The van der Waals surface area contributed by atoms with Crippen LogP contribution in [0.25, 0.3) is 62.9 Å². The van der Waals surface area contributed by atoms with Gasteiger partial charge in [0.05, 0.1) is 4.88 Å². The fourth-order valence-electron chi connectivity index (χ4n) is 4.83. The standard InChI is InChI=1S/C31H18S2/c1-2-5-25-18-28-26-15-22-9-11-24-17-30(23-10-8-19-6-3-4-7-20(19)14-23)33-31(24)27(22)16-21(26)12-13-29(28)32-25/h3-4,6-18H,1H3. The lowest BCUT2D eigenvalue weighted by molar-refractivity contribution is 1.74. The zero-order valence-corrected chi connectivity index (χ0v) is 19.6. The minimum atomic E-state index is 1.13. The first kappa shape index (κ1) is 18.9. The van der Waals surface area contributed by atoms with E-state index in [-0.39, 0.29) is 0 Å². The van der Waals surface area contributed by atoms with E-state index in [2.05, 4.69) is 103 Å². The van der Waals surface area contributed by atoms with Gasteiger partial charge in [-0.05, 0) is 81.2 Å². The number of thiophene rings is 2. The lowest BCUT2D eigenvalue weighted by Crippen LogP contribution is -1.77. The summed E-state index contributed by atoms with van der Waals surface area (Å²) in [7, 11) is 0. The van der Waals surface area contributed by atoms with Gasteiger partial charge in [-0.1, -0.05) is 60.5 Å². The third-order valence-electron chi connectivity index (χ3n) is 6.42. The minimum absolute atomic E-state index is 1.13. The van der Waals surface area contributed by atoms with Crippen molar-refractivity contribution in [1.82, 2.24) is 0 Å². The molecule has 0 spiro atoms. The molecule has 0 saturated heterocycles. The second kappa shape index (κ2) is 7.18. The first-order valence-corrected chi connectivity index (χ1v) is 12.6. The van der Waals surface area contributed by atoms with E-state index in [1.165, 1.54) is 62.9 Å². The summed E-state index contributed by atoms with van der Waals surface area (Å²) in [6, 6.07) is 33.7. The van der Waals surface area contributed by atoms with Crippen LogP contribution in [0.1, 0.15) is 11.8 Å². The Morgan fingerprint density at radius 3 is 2.24 bits per heavy atom. The molecule has 154 valence electrons. The number of benzene rings is 5. The molecule has 0 N–H and O–H groups in total. The van der Waals surface area contributed by atoms with E-state index in [0.717, 1.165) is 4.88 Å². The summed E-state index contributed by atoms with van der Waals surface area (Å²) in [5.74, 6) is 6.25. The summed E-state index contributed by atoms with van der Waals surface area (Å²) in [6.45, 7) is 1.90. The fraction of sp³-hybridized carbons (Fsp3) is 0.0323. The summed E-state index contributed by atoms with van der Waals surface area (Å²) in [5, 5.41) is 10.4. The first-order chi connectivity index (χ1) is 16.3. The highest BCUT2D eigenvalue weighted by Gasteiger charge is 2.11. The van der Waals surface area contributed by atoms with Crippen molar-refractivity contribution in [3.05, 3.63) is 95.9 Å². The van der Waals surface area contributed by atoms with E-state index in [1.807, 2.05) is 18.3 Å². The molecule has 0 aliphatic carbocycles. The molecule has 0 radical (unpaired) electrons. The molecule has 0 amide bonds. The van der Waals surface area contributed by atoms with Crippen molar-refractivity contribution in [1.29, 1.82) is 0 Å². The van der Waals surface area contributed by atoms with Crippen LogP contribution < -0.4 is 0 Å². The predicted octanol–water partition coefficient (Wildman–Crippen LogP) is 9.61. The summed E-state index contributed by atoms with van der Waals surface area (Å²) >= 11 is 3.67. The van der Waals surface area contributed by atoms with E-state index >= 15 is 0 Å². The number of hydrogen-bond acceptors (Lipinski definition) is 2. The van der Waals surface area contributed by atoms with Crippen LogP contribution in [0.5, 0.6) is 0 Å². The molecule has 7 rings (SSSR count). The van der Waals surface area contributed by atoms with Gasteiger partial charge in [-0.2, -0.15) is 0 Å². The normalized spacial score (nSPS) is 11.5. The van der Waals surface area contributed by atoms with Gasteiger partial charge in [0.2, 0.25) is 0 Å². The molecule has 2 aromatic heterocycles. The average molecular weight is 455 g/mol. The van der Waals surface area contributed by atoms with Crippen molar-refractivity contribution < 1.29 is 0 Å². The molecule has 0 saturated carbocycles. The lowest BCUT2D eigenvalue weighted by Gasteiger charge is -2.05. The highest BCUT2D eigenvalue weighted by atomic mass is 32.1. The molecule has 0 unspecified atom stereocenters. The van der Waals surface area contributed by atoms with Crippen LogP contribution in [0.3, 0.4) is 0 Å². The second-order valence-corrected chi connectivity index (χ2v) is 10.5. The van der Waals surface area contributed by atoms with Gasteiger partial charge in [0.1, 0.15) is 0 Å². The highest BCUT2D eigenvalue weighted by molar-refractivity contribution is 7.23. The van der Waals surface area contributed by atoms with Gasteiger partial charge in [-0.25, -0.2) is 0 Å². The molecule has 0 nitrogen and oxygen atoms in total. The Balaban J connectivity index is 1.45. The van der Waals surface area contributed by atoms with Gasteiger partial charge in [0.25, 0.3) is 0 Å². The van der Waals surface area contributed by atoms with Gasteiger partial charge in [-0.3, -0.25) is 0 Å². The topological polar surface area (TPSA) is 0 Å². The quantitative estimate of drug-likeness (QED) is 0.171. The smallest absolute Gasteiger partial charge is 0.0781 e. The summed E-state index contributed by atoms with van der Waals surface area (Å²) < 4.78 is 2.66. The Labute approximate surface area is 199 Å². The Hall–Kier alpha value is -3.64. The van der Waals surface area contributed by atoms with Crippen LogP contribution in [0.4, 0.5) is 0 Å². The monoisotopic (exact) mass is 454 g/mol. The fourth-order valence-corrected chi connectivity index (χ4v) is 7.00. The van der Waals surface area contributed by atoms with Crippen LogP contribution in [-0.2, 0) is 0 Å². The van der Waals surface area contributed by atoms with E-state index in [0.29, 0.717) is 0 Å². The van der Waals surface area contributed by atoms with E-state index < -0.39 is 0 Å². The summed E-state index contributed by atoms with van der Waals surface area (Å²) in [4.78, 5) is 2.45. The maximum Gasteiger partial charge on any atom is 0.0781 e. The molecular formula is C31H18S2. The molecule has 7 aromatic rings. The minimum Gasteiger partial charge on any atom is -0.135 e. The third kappa shape index (κ3) is 2.98. The van der Waals surface area contributed by atoms with Crippen molar-refractivity contribution in [2.75, 3.05) is 0 Å². The van der Waals surface area contributed by atoms with Gasteiger partial charge < -0.3 is 0 Å². The van der Waals surface area contributed by atoms with E-state index in [1.54, 1.807) is 11.3 Å². The van der Waals surface area contributed by atoms with Crippen molar-refractivity contribution in [3.8, 4) is 22.3 Å². The Kier molecular flexibility index (Phi) is 4.11. The zero-order chi connectivity index (χ0) is 21.9. The highest BCUT2D eigenvalue weighted by Crippen LogP contribution is 2.41. The number of rotatable bonds is 1. The average Bonchev–Trinajstić information content (AvgIpc) is 3.47. The predicted molar refractivity (Wildman–Crippen MR) is 148 cm³/mol. The second-order valence-electron chi connectivity index (χ2n) is 8.41. The zero-order valence-electron chi connectivity index (χ0n) is 18.0. The van der Waals surface area contributed by atoms with Crippen LogP contribution in [-0.4, -0.2) is 0 Å². The van der Waals surface area contributed by atoms with Crippen LogP contribution >= 0.6 is 22.7 Å². The molecule has 0 aliphatic heterocycles. The molecule has 2 heteroatoms. The van der Waals surface area contributed by atoms with Crippen molar-refractivity contribution in [2.45, 2.75) is 6.92 Å². The van der Waals surface area contributed by atoms with Crippen molar-refractivity contribution in [3.63, 3.8) is 0 Å². The third-order valence-corrected chi connectivity index (χ3v) is 8.67. The maximum absolute atomic E-state index is 3.22. The van der Waals surface area contributed by atoms with Crippen LogP contribution in [0.2, 0.25) is 0 Å². The molecule has 0 fully saturated rings. The van der Waals surface area contributed by atoms with Crippen molar-refractivity contribution in [2.24, 2.45) is 0 Å². The first-order valence-electron chi connectivity index (χ1n) is 11.0. The Morgan fingerprint density at radius 1 is 0.576 bits per heavy atom. The Bertz CT molecular complexity index is 1940. The van der Waals surface area contributed by atoms with Gasteiger partial charge >= 0.3 is 0 Å². The summed E-state index contributed by atoms with van der Waals surface area (Å²) in [5.41, 5.74) is 1.29. The van der Waals surface area contributed by atoms with Gasteiger partial charge in [0.15, 0.2) is 0 Å². The molecule has 5 aromatic carbocycles. The van der Waals surface area contributed by atoms with Gasteiger partial charge in [0, 0.05) is 25.0 Å². The molecular weight excluding hydrogens is 436 g/mol. The van der Waals surface area contributed by atoms with Crippen LogP contribution in [0.15, 0.2) is 91.0 Å². The largest absolute Gasteiger partial charge is 0.135 e. The number of hydrogen-bond donors (Lipinski definition) is 0. The van der Waals surface area contributed by atoms with E-state index in [4.69, 9.17) is 0 Å². The number of fused-ring (bicyclic) bond motifs is 7. The Morgan fingerprint density at radius 2 is 1.33 bits per heavy atom. The van der Waals surface area contributed by atoms with E-state index in [9.17, 15) is 0 Å². The summed E-state index contributed by atoms with van der Waals surface area (Å²) in [6.07, 6.45) is 0. The molecule has 0 bridgehead atoms. The molecule has 0 atom stereocenters. The van der Waals surface area contributed by atoms with Crippen molar-refractivity contribution >= 4 is 75.2 Å². The lowest BCUT2D eigenvalue weighted by atomic mass is 10.00.